The third-order valence-corrected chi connectivity index (χ3v) is 6.09. The molecule has 0 radical (unpaired) electrons. The third-order valence-electron chi connectivity index (χ3n) is 6.09. The molecule has 1 saturated heterocycles. The summed E-state index contributed by atoms with van der Waals surface area (Å²) >= 11 is 0. The molecule has 0 unspecified atom stereocenters. The van der Waals surface area contributed by atoms with Crippen LogP contribution in [-0.2, 0) is 0 Å². The largest absolute Gasteiger partial charge is 0.486 e. The Morgan fingerprint density at radius 3 is 2.59 bits per heavy atom. The van der Waals surface area contributed by atoms with Crippen molar-refractivity contribution in [1.82, 2.24) is 10.3 Å². The molecule has 3 aromatic rings. The van der Waals surface area contributed by atoms with Crippen molar-refractivity contribution < 1.29 is 22.3 Å². The lowest BCUT2D eigenvalue weighted by atomic mass is 10.1. The number of oxazole rings is 1. The lowest BCUT2D eigenvalue weighted by Gasteiger charge is -2.34. The van der Waals surface area contributed by atoms with Gasteiger partial charge in [-0.1, -0.05) is 0 Å². The van der Waals surface area contributed by atoms with Crippen molar-refractivity contribution in [2.45, 2.75) is 19.9 Å². The van der Waals surface area contributed by atoms with Crippen LogP contribution in [0, 0.1) is 17.5 Å². The normalized spacial score (nSPS) is 15.9. The molecule has 10 heteroatoms. The number of anilines is 4. The van der Waals surface area contributed by atoms with Gasteiger partial charge in [-0.25, -0.2) is 18.2 Å². The topological polar surface area (TPSA) is 65.8 Å². The molecule has 2 aromatic carbocycles. The molecule has 2 aliphatic heterocycles. The first-order valence-electron chi connectivity index (χ1n) is 11.3. The van der Waals surface area contributed by atoms with E-state index in [-0.39, 0.29) is 34.9 Å². The van der Waals surface area contributed by atoms with Crippen molar-refractivity contribution in [2.75, 3.05) is 54.4 Å². The lowest BCUT2D eigenvalue weighted by molar-refractivity contribution is 0.287. The van der Waals surface area contributed by atoms with E-state index < -0.39 is 17.5 Å². The lowest BCUT2D eigenvalue weighted by Crippen LogP contribution is -2.44. The summed E-state index contributed by atoms with van der Waals surface area (Å²) in [5.74, 6) is -1.94. The van der Waals surface area contributed by atoms with Crippen LogP contribution in [0.15, 0.2) is 34.9 Å². The van der Waals surface area contributed by atoms with Gasteiger partial charge in [-0.15, -0.1) is 0 Å². The molecule has 1 aromatic heterocycles. The van der Waals surface area contributed by atoms with Crippen LogP contribution in [0.3, 0.4) is 0 Å². The highest BCUT2D eigenvalue weighted by molar-refractivity contribution is 5.72. The predicted octanol–water partition coefficient (Wildman–Crippen LogP) is 4.52. The maximum absolute atomic E-state index is 14.8. The molecule has 2 N–H and O–H groups in total. The molecule has 0 spiro atoms. The van der Waals surface area contributed by atoms with Crippen LogP contribution >= 0.6 is 0 Å². The van der Waals surface area contributed by atoms with Gasteiger partial charge in [0.1, 0.15) is 6.61 Å². The first-order valence-corrected chi connectivity index (χ1v) is 11.3. The zero-order chi connectivity index (χ0) is 23.8. The Morgan fingerprint density at radius 2 is 1.82 bits per heavy atom. The van der Waals surface area contributed by atoms with Gasteiger partial charge < -0.3 is 29.6 Å². The molecule has 0 saturated carbocycles. The Kier molecular flexibility index (Phi) is 5.99. The standard InChI is InChI=1S/C24H26F3N5O2/c1-14(2)32-9-10-33-23-16(25)11-15(12-19(23)32)20-13-29-24(34-20)30-17-3-4-18(22(27)21(17)26)31-7-5-28-6-8-31/h3-4,11-14,28H,5-10H2,1-2H3,(H,29,30). The summed E-state index contributed by atoms with van der Waals surface area (Å²) < 4.78 is 55.5. The van der Waals surface area contributed by atoms with Gasteiger partial charge in [-0.2, -0.15) is 0 Å². The number of hydrogen-bond acceptors (Lipinski definition) is 7. The summed E-state index contributed by atoms with van der Waals surface area (Å²) in [4.78, 5) is 7.97. The van der Waals surface area contributed by atoms with Crippen LogP contribution in [-0.4, -0.2) is 50.4 Å². The summed E-state index contributed by atoms with van der Waals surface area (Å²) in [6, 6.07) is 6.22. The fourth-order valence-corrected chi connectivity index (χ4v) is 4.35. The Morgan fingerprint density at radius 1 is 1.03 bits per heavy atom. The Hall–Kier alpha value is -3.40. The summed E-state index contributed by atoms with van der Waals surface area (Å²) in [5, 5.41) is 5.87. The van der Waals surface area contributed by atoms with Crippen LogP contribution in [0.2, 0.25) is 0 Å². The smallest absolute Gasteiger partial charge is 0.299 e. The molecule has 180 valence electrons. The maximum Gasteiger partial charge on any atom is 0.299 e. The minimum absolute atomic E-state index is 0.0293. The molecule has 0 aliphatic carbocycles. The van der Waals surface area contributed by atoms with E-state index in [1.165, 1.54) is 24.4 Å². The van der Waals surface area contributed by atoms with E-state index in [2.05, 4.69) is 20.5 Å². The number of piperazine rings is 1. The molecule has 0 amide bonds. The minimum Gasteiger partial charge on any atom is -0.486 e. The second-order valence-corrected chi connectivity index (χ2v) is 8.59. The van der Waals surface area contributed by atoms with E-state index in [0.717, 1.165) is 0 Å². The molecule has 5 rings (SSSR count). The summed E-state index contributed by atoms with van der Waals surface area (Å²) in [7, 11) is 0. The molecule has 3 heterocycles. The van der Waals surface area contributed by atoms with Gasteiger partial charge in [-0.3, -0.25) is 0 Å². The van der Waals surface area contributed by atoms with Crippen molar-refractivity contribution >= 4 is 23.1 Å². The van der Waals surface area contributed by atoms with Crippen molar-refractivity contribution in [1.29, 1.82) is 0 Å². The van der Waals surface area contributed by atoms with Crippen LogP contribution in [0.1, 0.15) is 13.8 Å². The monoisotopic (exact) mass is 473 g/mol. The molecule has 1 fully saturated rings. The van der Waals surface area contributed by atoms with Gasteiger partial charge in [-0.05, 0) is 38.1 Å². The summed E-state index contributed by atoms with van der Waals surface area (Å²) in [5.41, 5.74) is 1.23. The summed E-state index contributed by atoms with van der Waals surface area (Å²) in [6.07, 6.45) is 1.41. The van der Waals surface area contributed by atoms with Gasteiger partial charge in [0, 0.05) is 37.8 Å². The van der Waals surface area contributed by atoms with Crippen LogP contribution in [0.25, 0.3) is 11.3 Å². The molecule has 2 aliphatic rings. The predicted molar refractivity (Wildman–Crippen MR) is 125 cm³/mol. The number of fused-ring (bicyclic) bond motifs is 1. The first kappa shape index (κ1) is 22.4. The molecule has 7 nitrogen and oxygen atoms in total. The highest BCUT2D eigenvalue weighted by Gasteiger charge is 2.26. The maximum atomic E-state index is 14.8. The van der Waals surface area contributed by atoms with Crippen LogP contribution < -0.4 is 25.2 Å². The number of nitrogens with zero attached hydrogens (tertiary/aromatic N) is 3. The SMILES string of the molecule is CC(C)N1CCOc2c(F)cc(-c3cnc(Nc4ccc(N5CCNCC5)c(F)c4F)o3)cc21. The quantitative estimate of drug-likeness (QED) is 0.565. The molecule has 34 heavy (non-hydrogen) atoms. The number of benzene rings is 2. The molecule has 0 bridgehead atoms. The van der Waals surface area contributed by atoms with E-state index >= 15 is 0 Å². The number of ether oxygens (including phenoxy) is 1. The Bertz CT molecular complexity index is 1190. The van der Waals surface area contributed by atoms with Crippen LogP contribution in [0.4, 0.5) is 36.2 Å². The van der Waals surface area contributed by atoms with E-state index in [0.29, 0.717) is 50.6 Å². The second kappa shape index (κ2) is 9.09. The fraction of sp³-hybridized carbons (Fsp3) is 0.375. The molecule has 0 atom stereocenters. The number of halogens is 3. The number of rotatable bonds is 5. The molecular weight excluding hydrogens is 447 g/mol. The van der Waals surface area contributed by atoms with Crippen molar-refractivity contribution in [3.63, 3.8) is 0 Å². The number of aromatic nitrogens is 1. The van der Waals surface area contributed by atoms with Crippen molar-refractivity contribution in [3.05, 3.63) is 47.9 Å². The van der Waals surface area contributed by atoms with Crippen molar-refractivity contribution in [2.24, 2.45) is 0 Å². The first-order chi connectivity index (χ1) is 16.4. The zero-order valence-electron chi connectivity index (χ0n) is 19.0. The number of hydrogen-bond donors (Lipinski definition) is 2. The average molecular weight is 473 g/mol. The fourth-order valence-electron chi connectivity index (χ4n) is 4.35. The van der Waals surface area contributed by atoms with Gasteiger partial charge >= 0.3 is 0 Å². The van der Waals surface area contributed by atoms with E-state index in [4.69, 9.17) is 9.15 Å². The van der Waals surface area contributed by atoms with Gasteiger partial charge in [0.2, 0.25) is 0 Å². The van der Waals surface area contributed by atoms with Crippen LogP contribution in [0.5, 0.6) is 5.75 Å². The Labute approximate surface area is 195 Å². The third kappa shape index (κ3) is 4.13. The van der Waals surface area contributed by atoms with Gasteiger partial charge in [0.25, 0.3) is 6.01 Å². The second-order valence-electron chi connectivity index (χ2n) is 8.59. The zero-order valence-corrected chi connectivity index (χ0v) is 19.0. The van der Waals surface area contributed by atoms with E-state index in [9.17, 15) is 13.2 Å². The van der Waals surface area contributed by atoms with Crippen molar-refractivity contribution in [3.8, 4) is 17.1 Å². The highest BCUT2D eigenvalue weighted by atomic mass is 19.2. The molecular formula is C24H26F3N5O2. The van der Waals surface area contributed by atoms with Gasteiger partial charge in [0.15, 0.2) is 29.0 Å². The minimum atomic E-state index is -1.01. The van der Waals surface area contributed by atoms with E-state index in [1.807, 2.05) is 13.8 Å². The highest BCUT2D eigenvalue weighted by Crippen LogP contribution is 2.40. The summed E-state index contributed by atoms with van der Waals surface area (Å²) in [6.45, 7) is 7.73. The number of nitrogens with one attached hydrogen (secondary N) is 2. The van der Waals surface area contributed by atoms with Gasteiger partial charge in [0.05, 0.1) is 29.8 Å². The average Bonchev–Trinajstić information content (AvgIpc) is 3.31. The Balaban J connectivity index is 1.39. The van der Waals surface area contributed by atoms with E-state index in [1.54, 1.807) is 11.0 Å².